The zero-order valence-corrected chi connectivity index (χ0v) is 11.8. The van der Waals surface area contributed by atoms with E-state index < -0.39 is 0 Å². The third-order valence-corrected chi connectivity index (χ3v) is 4.90. The average molecular weight is 261 g/mol. The lowest BCUT2D eigenvalue weighted by Gasteiger charge is -2.27. The highest BCUT2D eigenvalue weighted by Gasteiger charge is 2.20. The molecular formula is C14H19N3S. The largest absolute Gasteiger partial charge is 0.366 e. The van der Waals surface area contributed by atoms with Crippen molar-refractivity contribution in [1.29, 1.82) is 0 Å². The van der Waals surface area contributed by atoms with Gasteiger partial charge >= 0.3 is 0 Å². The summed E-state index contributed by atoms with van der Waals surface area (Å²) in [6.45, 7) is 4.46. The quantitative estimate of drug-likeness (QED) is 0.888. The second-order valence-corrected chi connectivity index (χ2v) is 6.31. The third-order valence-electron chi connectivity index (χ3n) is 3.81. The maximum Gasteiger partial charge on any atom is 0.147 e. The molecule has 2 aromatic rings. The van der Waals surface area contributed by atoms with Crippen LogP contribution < -0.4 is 5.32 Å². The molecule has 0 aliphatic heterocycles. The summed E-state index contributed by atoms with van der Waals surface area (Å²) in [4.78, 5) is 8.80. The van der Waals surface area contributed by atoms with Gasteiger partial charge in [0.05, 0.1) is 10.2 Å². The van der Waals surface area contributed by atoms with Crippen LogP contribution in [0.2, 0.25) is 0 Å². The first-order chi connectivity index (χ1) is 8.74. The summed E-state index contributed by atoms with van der Waals surface area (Å²) >= 11 is 1.74. The van der Waals surface area contributed by atoms with Gasteiger partial charge in [-0.25, -0.2) is 9.97 Å². The van der Waals surface area contributed by atoms with Crippen molar-refractivity contribution >= 4 is 27.4 Å². The molecule has 0 bridgehead atoms. The molecule has 0 spiro atoms. The van der Waals surface area contributed by atoms with Gasteiger partial charge in [0, 0.05) is 6.04 Å². The zero-order valence-electron chi connectivity index (χ0n) is 10.9. The standard InChI is InChI=1S/C14H19N3S/c1-9-4-3-5-11(6-9)17-14-13-12(15-8-16-14)10(2)7-18-13/h7-9,11H,3-6H2,1-2H3,(H,15,16,17). The Hall–Kier alpha value is -1.16. The Labute approximate surface area is 112 Å². The smallest absolute Gasteiger partial charge is 0.147 e. The summed E-state index contributed by atoms with van der Waals surface area (Å²) < 4.78 is 1.20. The van der Waals surface area contributed by atoms with Crippen LogP contribution in [0, 0.1) is 12.8 Å². The molecule has 2 aromatic heterocycles. The molecule has 3 rings (SSSR count). The number of fused-ring (bicyclic) bond motifs is 1. The van der Waals surface area contributed by atoms with Gasteiger partial charge in [-0.3, -0.25) is 0 Å². The Morgan fingerprint density at radius 1 is 1.33 bits per heavy atom. The van der Waals surface area contributed by atoms with Crippen LogP contribution in [0.5, 0.6) is 0 Å². The summed E-state index contributed by atoms with van der Waals surface area (Å²) in [5.41, 5.74) is 2.35. The first-order valence-electron chi connectivity index (χ1n) is 6.69. The highest BCUT2D eigenvalue weighted by molar-refractivity contribution is 7.18. The molecule has 3 nitrogen and oxygen atoms in total. The molecule has 18 heavy (non-hydrogen) atoms. The molecule has 2 unspecified atom stereocenters. The zero-order chi connectivity index (χ0) is 12.5. The van der Waals surface area contributed by atoms with Gasteiger partial charge in [0.25, 0.3) is 0 Å². The SMILES string of the molecule is Cc1csc2c(NC3CCCC(C)C3)ncnc12. The molecule has 0 amide bonds. The fraction of sp³-hybridized carbons (Fsp3) is 0.571. The van der Waals surface area contributed by atoms with Gasteiger partial charge in [-0.05, 0) is 36.6 Å². The van der Waals surface area contributed by atoms with Crippen molar-refractivity contribution in [2.24, 2.45) is 5.92 Å². The predicted molar refractivity (Wildman–Crippen MR) is 77.2 cm³/mol. The number of anilines is 1. The number of aromatic nitrogens is 2. The van der Waals surface area contributed by atoms with Gasteiger partial charge in [-0.2, -0.15) is 0 Å². The first-order valence-corrected chi connectivity index (χ1v) is 7.57. The Bertz CT molecular complexity index is 549. The summed E-state index contributed by atoms with van der Waals surface area (Å²) in [5, 5.41) is 5.79. The lowest BCUT2D eigenvalue weighted by Crippen LogP contribution is -2.26. The first kappa shape index (κ1) is 11.9. The number of nitrogens with zero attached hydrogens (tertiary/aromatic N) is 2. The maximum absolute atomic E-state index is 4.43. The summed E-state index contributed by atoms with van der Waals surface area (Å²) in [6.07, 6.45) is 6.90. The van der Waals surface area contributed by atoms with Crippen molar-refractivity contribution in [3.05, 3.63) is 17.3 Å². The Morgan fingerprint density at radius 2 is 2.22 bits per heavy atom. The van der Waals surface area contributed by atoms with E-state index in [1.54, 1.807) is 17.7 Å². The van der Waals surface area contributed by atoms with Crippen molar-refractivity contribution in [3.63, 3.8) is 0 Å². The van der Waals surface area contributed by atoms with Gasteiger partial charge in [-0.15, -0.1) is 11.3 Å². The van der Waals surface area contributed by atoms with Crippen LogP contribution >= 0.6 is 11.3 Å². The topological polar surface area (TPSA) is 37.8 Å². The van der Waals surface area contributed by atoms with Gasteiger partial charge in [0.2, 0.25) is 0 Å². The van der Waals surface area contributed by atoms with Crippen molar-refractivity contribution in [3.8, 4) is 0 Å². The highest BCUT2D eigenvalue weighted by atomic mass is 32.1. The van der Waals surface area contributed by atoms with Gasteiger partial charge in [-0.1, -0.05) is 19.8 Å². The summed E-state index contributed by atoms with van der Waals surface area (Å²) in [7, 11) is 0. The van der Waals surface area contributed by atoms with Crippen LogP contribution in [0.25, 0.3) is 10.2 Å². The number of hydrogen-bond acceptors (Lipinski definition) is 4. The van der Waals surface area contributed by atoms with Crippen LogP contribution in [0.4, 0.5) is 5.82 Å². The number of thiophene rings is 1. The summed E-state index contributed by atoms with van der Waals surface area (Å²) in [6, 6.07) is 0.578. The molecule has 1 aliphatic carbocycles. The van der Waals surface area contributed by atoms with Crippen LogP contribution in [0.1, 0.15) is 38.2 Å². The molecule has 1 fully saturated rings. The van der Waals surface area contributed by atoms with Gasteiger partial charge in [0.15, 0.2) is 0 Å². The third kappa shape index (κ3) is 2.21. The molecule has 1 aliphatic rings. The number of hydrogen-bond donors (Lipinski definition) is 1. The second kappa shape index (κ2) is 4.84. The maximum atomic E-state index is 4.43. The molecule has 0 radical (unpaired) electrons. The van der Waals surface area contributed by atoms with Crippen LogP contribution in [0.15, 0.2) is 11.7 Å². The summed E-state index contributed by atoms with van der Waals surface area (Å²) in [5.74, 6) is 1.86. The molecule has 0 aromatic carbocycles. The minimum Gasteiger partial charge on any atom is -0.366 e. The lowest BCUT2D eigenvalue weighted by molar-refractivity contribution is 0.358. The highest BCUT2D eigenvalue weighted by Crippen LogP contribution is 2.31. The van der Waals surface area contributed by atoms with E-state index in [0.717, 1.165) is 17.3 Å². The molecule has 2 atom stereocenters. The fourth-order valence-corrected chi connectivity index (χ4v) is 3.79. The minimum absolute atomic E-state index is 0.578. The van der Waals surface area contributed by atoms with E-state index in [1.807, 2.05) is 0 Å². The molecular weight excluding hydrogens is 242 g/mol. The van der Waals surface area contributed by atoms with Crippen molar-refractivity contribution in [2.75, 3.05) is 5.32 Å². The Kier molecular flexibility index (Phi) is 3.20. The monoisotopic (exact) mass is 261 g/mol. The Balaban J connectivity index is 1.86. The molecule has 1 N–H and O–H groups in total. The van der Waals surface area contributed by atoms with E-state index in [9.17, 15) is 0 Å². The van der Waals surface area contributed by atoms with Gasteiger partial charge < -0.3 is 5.32 Å². The minimum atomic E-state index is 0.578. The molecule has 4 heteroatoms. The average Bonchev–Trinajstić information content (AvgIpc) is 2.73. The Morgan fingerprint density at radius 3 is 3.06 bits per heavy atom. The second-order valence-electron chi connectivity index (χ2n) is 5.43. The van der Waals surface area contributed by atoms with E-state index in [4.69, 9.17) is 0 Å². The van der Waals surface area contributed by atoms with E-state index in [-0.39, 0.29) is 0 Å². The molecule has 0 saturated heterocycles. The van der Waals surface area contributed by atoms with E-state index in [1.165, 1.54) is 35.9 Å². The normalized spacial score (nSPS) is 24.3. The van der Waals surface area contributed by atoms with E-state index in [0.29, 0.717) is 6.04 Å². The lowest BCUT2D eigenvalue weighted by atomic mass is 9.87. The number of nitrogens with one attached hydrogen (secondary N) is 1. The fourth-order valence-electron chi connectivity index (χ4n) is 2.83. The predicted octanol–water partition coefficient (Wildman–Crippen LogP) is 3.99. The number of aryl methyl sites for hydroxylation is 1. The van der Waals surface area contributed by atoms with Crippen molar-refractivity contribution < 1.29 is 0 Å². The van der Waals surface area contributed by atoms with Gasteiger partial charge in [0.1, 0.15) is 12.1 Å². The molecule has 2 heterocycles. The van der Waals surface area contributed by atoms with E-state index in [2.05, 4.69) is 34.5 Å². The van der Waals surface area contributed by atoms with Crippen molar-refractivity contribution in [2.45, 2.75) is 45.6 Å². The van der Waals surface area contributed by atoms with Crippen LogP contribution in [-0.2, 0) is 0 Å². The number of rotatable bonds is 2. The van der Waals surface area contributed by atoms with Crippen molar-refractivity contribution in [1.82, 2.24) is 9.97 Å². The van der Waals surface area contributed by atoms with E-state index >= 15 is 0 Å². The van der Waals surface area contributed by atoms with Crippen LogP contribution in [0.3, 0.4) is 0 Å². The van der Waals surface area contributed by atoms with Crippen LogP contribution in [-0.4, -0.2) is 16.0 Å². The molecule has 96 valence electrons. The molecule has 1 saturated carbocycles.